The molecule has 6 heteroatoms. The molecule has 2 aromatic carbocycles. The highest BCUT2D eigenvalue weighted by Gasteiger charge is 2.22. The Morgan fingerprint density at radius 2 is 1.68 bits per heavy atom. The number of aryl methyl sites for hydroxylation is 3. The number of carbonyl (C=O) groups is 1. The topological polar surface area (TPSA) is 58.6 Å². The number of rotatable bonds is 5. The molecule has 0 bridgehead atoms. The van der Waals surface area contributed by atoms with E-state index in [4.69, 9.17) is 4.74 Å². The Labute approximate surface area is 183 Å². The number of amides is 1. The van der Waals surface area contributed by atoms with Crippen LogP contribution in [-0.4, -0.2) is 53.8 Å². The van der Waals surface area contributed by atoms with Crippen molar-refractivity contribution < 1.29 is 9.53 Å². The van der Waals surface area contributed by atoms with Crippen molar-refractivity contribution in [2.75, 3.05) is 37.7 Å². The van der Waals surface area contributed by atoms with E-state index in [1.54, 1.807) is 0 Å². The molecule has 1 aliphatic rings. The molecule has 0 radical (unpaired) electrons. The number of aromatic nitrogens is 2. The molecule has 1 saturated heterocycles. The average Bonchev–Trinajstić information content (AvgIpc) is 2.78. The molecule has 3 aromatic rings. The summed E-state index contributed by atoms with van der Waals surface area (Å²) in [5.41, 5.74) is 5.53. The molecule has 2 heterocycles. The SMILES string of the molecule is Cc1cccc(OCC(=O)N2CCN(c3ccc(-c4ccc(C)cc4C)nn3)CC2)c1. The molecule has 0 unspecified atom stereocenters. The zero-order valence-corrected chi connectivity index (χ0v) is 18.3. The molecule has 0 N–H and O–H groups in total. The van der Waals surface area contributed by atoms with E-state index in [2.05, 4.69) is 47.1 Å². The van der Waals surface area contributed by atoms with Crippen LogP contribution in [0.4, 0.5) is 5.82 Å². The Balaban J connectivity index is 1.31. The van der Waals surface area contributed by atoms with Gasteiger partial charge in [0.25, 0.3) is 5.91 Å². The third kappa shape index (κ3) is 5.02. The summed E-state index contributed by atoms with van der Waals surface area (Å²) in [4.78, 5) is 16.5. The van der Waals surface area contributed by atoms with E-state index in [0.717, 1.165) is 41.5 Å². The van der Waals surface area contributed by atoms with Gasteiger partial charge in [0.1, 0.15) is 5.75 Å². The number of carbonyl (C=O) groups excluding carboxylic acids is 1. The summed E-state index contributed by atoms with van der Waals surface area (Å²) < 4.78 is 5.66. The predicted molar refractivity (Wildman–Crippen MR) is 122 cm³/mol. The van der Waals surface area contributed by atoms with Crippen molar-refractivity contribution in [3.63, 3.8) is 0 Å². The quantitative estimate of drug-likeness (QED) is 0.633. The van der Waals surface area contributed by atoms with Crippen LogP contribution < -0.4 is 9.64 Å². The fourth-order valence-corrected chi connectivity index (χ4v) is 3.86. The summed E-state index contributed by atoms with van der Waals surface area (Å²) >= 11 is 0. The fourth-order valence-electron chi connectivity index (χ4n) is 3.86. The second-order valence-corrected chi connectivity index (χ2v) is 8.07. The van der Waals surface area contributed by atoms with Gasteiger partial charge in [-0.15, -0.1) is 10.2 Å². The van der Waals surface area contributed by atoms with Crippen molar-refractivity contribution in [3.05, 3.63) is 71.3 Å². The van der Waals surface area contributed by atoms with Crippen molar-refractivity contribution >= 4 is 11.7 Å². The first-order valence-corrected chi connectivity index (χ1v) is 10.6. The largest absolute Gasteiger partial charge is 0.484 e. The molecule has 6 nitrogen and oxygen atoms in total. The molecule has 1 amide bonds. The second-order valence-electron chi connectivity index (χ2n) is 8.07. The Kier molecular flexibility index (Phi) is 6.16. The Morgan fingerprint density at radius 1 is 0.903 bits per heavy atom. The molecule has 0 aliphatic carbocycles. The highest BCUT2D eigenvalue weighted by molar-refractivity contribution is 5.78. The van der Waals surface area contributed by atoms with Crippen LogP contribution in [0.15, 0.2) is 54.6 Å². The molecule has 1 aromatic heterocycles. The summed E-state index contributed by atoms with van der Waals surface area (Å²) in [5, 5.41) is 8.89. The summed E-state index contributed by atoms with van der Waals surface area (Å²) in [6.45, 7) is 9.01. The van der Waals surface area contributed by atoms with E-state index in [-0.39, 0.29) is 12.5 Å². The van der Waals surface area contributed by atoms with E-state index in [1.807, 2.05) is 48.2 Å². The van der Waals surface area contributed by atoms with Gasteiger partial charge in [0.2, 0.25) is 0 Å². The van der Waals surface area contributed by atoms with E-state index in [1.165, 1.54) is 11.1 Å². The molecular formula is C25H28N4O2. The van der Waals surface area contributed by atoms with Crippen molar-refractivity contribution in [2.45, 2.75) is 20.8 Å². The van der Waals surface area contributed by atoms with Gasteiger partial charge >= 0.3 is 0 Å². The number of nitrogens with zero attached hydrogens (tertiary/aromatic N) is 4. The monoisotopic (exact) mass is 416 g/mol. The lowest BCUT2D eigenvalue weighted by Crippen LogP contribution is -2.50. The molecule has 0 saturated carbocycles. The van der Waals surface area contributed by atoms with Gasteiger partial charge < -0.3 is 14.5 Å². The lowest BCUT2D eigenvalue weighted by molar-refractivity contribution is -0.133. The van der Waals surface area contributed by atoms with Crippen LogP contribution in [0.25, 0.3) is 11.3 Å². The van der Waals surface area contributed by atoms with Gasteiger partial charge in [0, 0.05) is 31.7 Å². The van der Waals surface area contributed by atoms with Gasteiger partial charge in [0.15, 0.2) is 12.4 Å². The minimum atomic E-state index is 0.0115. The zero-order chi connectivity index (χ0) is 21.8. The normalized spacial score (nSPS) is 13.9. The first-order valence-electron chi connectivity index (χ1n) is 10.6. The van der Waals surface area contributed by atoms with E-state index < -0.39 is 0 Å². The minimum Gasteiger partial charge on any atom is -0.484 e. The maximum atomic E-state index is 12.5. The van der Waals surface area contributed by atoms with Crippen LogP contribution in [0.3, 0.4) is 0 Å². The molecule has 4 rings (SSSR count). The van der Waals surface area contributed by atoms with Crippen molar-refractivity contribution in [1.82, 2.24) is 15.1 Å². The Morgan fingerprint density at radius 3 is 2.35 bits per heavy atom. The highest BCUT2D eigenvalue weighted by Crippen LogP contribution is 2.23. The average molecular weight is 417 g/mol. The fraction of sp³-hybridized carbons (Fsp3) is 0.320. The van der Waals surface area contributed by atoms with E-state index >= 15 is 0 Å². The van der Waals surface area contributed by atoms with E-state index in [0.29, 0.717) is 13.1 Å². The first kappa shape index (κ1) is 20.8. The molecule has 1 fully saturated rings. The zero-order valence-electron chi connectivity index (χ0n) is 18.3. The van der Waals surface area contributed by atoms with E-state index in [9.17, 15) is 4.79 Å². The molecule has 31 heavy (non-hydrogen) atoms. The van der Waals surface area contributed by atoms with Gasteiger partial charge in [-0.05, 0) is 56.2 Å². The van der Waals surface area contributed by atoms with Crippen molar-refractivity contribution in [2.24, 2.45) is 0 Å². The van der Waals surface area contributed by atoms with Gasteiger partial charge in [-0.1, -0.05) is 35.9 Å². The van der Waals surface area contributed by atoms with Gasteiger partial charge in [-0.3, -0.25) is 4.79 Å². The third-order valence-corrected chi connectivity index (χ3v) is 5.62. The van der Waals surface area contributed by atoms with Crippen LogP contribution in [0, 0.1) is 20.8 Å². The summed E-state index contributed by atoms with van der Waals surface area (Å²) in [6.07, 6.45) is 0. The third-order valence-electron chi connectivity index (χ3n) is 5.62. The first-order chi connectivity index (χ1) is 15.0. The smallest absolute Gasteiger partial charge is 0.260 e. The van der Waals surface area contributed by atoms with Gasteiger partial charge in [0.05, 0.1) is 5.69 Å². The second kappa shape index (κ2) is 9.16. The standard InChI is InChI=1S/C25H28N4O2/c1-18-5-4-6-21(16-18)31-17-25(30)29-13-11-28(12-14-29)24-10-9-23(26-27-24)22-8-7-19(2)15-20(22)3/h4-10,15-16H,11-14,17H2,1-3H3. The van der Waals surface area contributed by atoms with Crippen LogP contribution >= 0.6 is 0 Å². The van der Waals surface area contributed by atoms with Crippen molar-refractivity contribution in [3.8, 4) is 17.0 Å². The highest BCUT2D eigenvalue weighted by atomic mass is 16.5. The number of hydrogen-bond donors (Lipinski definition) is 0. The predicted octanol–water partition coefficient (Wildman–Crippen LogP) is 3.80. The Bertz CT molecular complexity index is 1060. The molecule has 0 atom stereocenters. The minimum absolute atomic E-state index is 0.0115. The van der Waals surface area contributed by atoms with Crippen LogP contribution in [0.1, 0.15) is 16.7 Å². The summed E-state index contributed by atoms with van der Waals surface area (Å²) in [7, 11) is 0. The maximum Gasteiger partial charge on any atom is 0.260 e. The van der Waals surface area contributed by atoms with Gasteiger partial charge in [-0.2, -0.15) is 0 Å². The molecule has 1 aliphatic heterocycles. The molecule has 0 spiro atoms. The molecule has 160 valence electrons. The Hall–Kier alpha value is -3.41. The lowest BCUT2D eigenvalue weighted by Gasteiger charge is -2.35. The lowest BCUT2D eigenvalue weighted by atomic mass is 10.0. The number of anilines is 1. The van der Waals surface area contributed by atoms with Crippen molar-refractivity contribution in [1.29, 1.82) is 0 Å². The number of ether oxygens (including phenoxy) is 1. The summed E-state index contributed by atoms with van der Waals surface area (Å²) in [6, 6.07) is 18.1. The maximum absolute atomic E-state index is 12.5. The number of benzene rings is 2. The number of piperazine rings is 1. The van der Waals surface area contributed by atoms with Crippen LogP contribution in [-0.2, 0) is 4.79 Å². The van der Waals surface area contributed by atoms with Crippen LogP contribution in [0.2, 0.25) is 0 Å². The molecular weight excluding hydrogens is 388 g/mol. The summed E-state index contributed by atoms with van der Waals surface area (Å²) in [5.74, 6) is 1.58. The number of hydrogen-bond acceptors (Lipinski definition) is 5. The van der Waals surface area contributed by atoms with Gasteiger partial charge in [-0.25, -0.2) is 0 Å². The van der Waals surface area contributed by atoms with Crippen LogP contribution in [0.5, 0.6) is 5.75 Å².